The highest BCUT2D eigenvalue weighted by atomic mass is 16.3. The Morgan fingerprint density at radius 2 is 1.50 bits per heavy atom. The summed E-state index contributed by atoms with van der Waals surface area (Å²) in [7, 11) is 0. The first kappa shape index (κ1) is 11.9. The molecule has 4 heteroatoms. The van der Waals surface area contributed by atoms with Crippen molar-refractivity contribution in [3.05, 3.63) is 47.5 Å². The summed E-state index contributed by atoms with van der Waals surface area (Å²) in [6.45, 7) is 0. The number of aromatic hydroxyl groups is 4. The summed E-state index contributed by atoms with van der Waals surface area (Å²) in [5, 5.41) is 37.8. The molecule has 92 valence electrons. The maximum atomic E-state index is 9.60. The number of rotatable bonds is 2. The summed E-state index contributed by atoms with van der Waals surface area (Å²) in [6, 6.07) is 9.01. The minimum absolute atomic E-state index is 0.123. The third kappa shape index (κ3) is 2.38. The van der Waals surface area contributed by atoms with Crippen LogP contribution in [0.4, 0.5) is 0 Å². The van der Waals surface area contributed by atoms with Crippen molar-refractivity contribution >= 4 is 12.2 Å². The van der Waals surface area contributed by atoms with Crippen LogP contribution in [0, 0.1) is 0 Å². The largest absolute Gasteiger partial charge is 0.508 e. The highest BCUT2D eigenvalue weighted by molar-refractivity contribution is 5.77. The molecule has 0 saturated carbocycles. The van der Waals surface area contributed by atoms with E-state index in [-0.39, 0.29) is 28.6 Å². The maximum Gasteiger partial charge on any atom is 0.168 e. The topological polar surface area (TPSA) is 80.9 Å². The second-order valence-corrected chi connectivity index (χ2v) is 3.79. The van der Waals surface area contributed by atoms with E-state index in [2.05, 4.69) is 0 Å². The Bertz CT molecular complexity index is 603. The van der Waals surface area contributed by atoms with Crippen LogP contribution >= 0.6 is 0 Å². The molecule has 2 aromatic carbocycles. The minimum Gasteiger partial charge on any atom is -0.508 e. The lowest BCUT2D eigenvalue weighted by atomic mass is 10.1. The highest BCUT2D eigenvalue weighted by Gasteiger charge is 2.08. The van der Waals surface area contributed by atoms with Gasteiger partial charge in [-0.3, -0.25) is 0 Å². The monoisotopic (exact) mass is 244 g/mol. The first-order valence-electron chi connectivity index (χ1n) is 5.29. The van der Waals surface area contributed by atoms with Gasteiger partial charge in [0.15, 0.2) is 11.5 Å². The predicted molar refractivity (Wildman–Crippen MR) is 68.5 cm³/mol. The van der Waals surface area contributed by atoms with Crippen LogP contribution in [0.1, 0.15) is 11.1 Å². The van der Waals surface area contributed by atoms with E-state index in [0.717, 1.165) is 0 Å². The molecule has 0 aliphatic carbocycles. The van der Waals surface area contributed by atoms with Crippen LogP contribution in [0.25, 0.3) is 12.2 Å². The summed E-state index contributed by atoms with van der Waals surface area (Å²) < 4.78 is 0. The van der Waals surface area contributed by atoms with Crippen LogP contribution in [-0.2, 0) is 0 Å². The first-order valence-corrected chi connectivity index (χ1v) is 5.29. The lowest BCUT2D eigenvalue weighted by Crippen LogP contribution is -1.78. The van der Waals surface area contributed by atoms with Crippen LogP contribution < -0.4 is 0 Å². The Labute approximate surface area is 104 Å². The van der Waals surface area contributed by atoms with Crippen LogP contribution in [0.15, 0.2) is 36.4 Å². The van der Waals surface area contributed by atoms with Gasteiger partial charge in [-0.1, -0.05) is 18.2 Å². The quantitative estimate of drug-likeness (QED) is 0.372. The van der Waals surface area contributed by atoms with Crippen molar-refractivity contribution < 1.29 is 20.4 Å². The van der Waals surface area contributed by atoms with Gasteiger partial charge in [0.2, 0.25) is 0 Å². The Morgan fingerprint density at radius 1 is 0.778 bits per heavy atom. The van der Waals surface area contributed by atoms with Gasteiger partial charge in [0.05, 0.1) is 5.56 Å². The van der Waals surface area contributed by atoms with Gasteiger partial charge in [0.25, 0.3) is 0 Å². The molecule has 0 radical (unpaired) electrons. The normalized spacial score (nSPS) is 10.9. The SMILES string of the molecule is Oc1cccc(/C=C/c2c(O)ccc(O)c2O)c1. The lowest BCUT2D eigenvalue weighted by molar-refractivity contribution is 0.395. The molecule has 2 aromatic rings. The van der Waals surface area contributed by atoms with Crippen molar-refractivity contribution in [2.45, 2.75) is 0 Å². The summed E-state index contributed by atoms with van der Waals surface area (Å²) in [4.78, 5) is 0. The zero-order chi connectivity index (χ0) is 13.1. The lowest BCUT2D eigenvalue weighted by Gasteiger charge is -2.04. The number of hydrogen-bond donors (Lipinski definition) is 4. The van der Waals surface area contributed by atoms with Gasteiger partial charge in [-0.05, 0) is 35.9 Å². The van der Waals surface area contributed by atoms with Crippen molar-refractivity contribution in [1.82, 2.24) is 0 Å². The van der Waals surface area contributed by atoms with Crippen molar-refractivity contribution in [2.75, 3.05) is 0 Å². The number of phenolic OH excluding ortho intramolecular Hbond substituents is 4. The molecule has 4 N–H and O–H groups in total. The molecule has 0 aliphatic heterocycles. The molecule has 4 nitrogen and oxygen atoms in total. The molecule has 0 saturated heterocycles. The highest BCUT2D eigenvalue weighted by Crippen LogP contribution is 2.36. The third-order valence-electron chi connectivity index (χ3n) is 2.49. The molecule has 0 amide bonds. The van der Waals surface area contributed by atoms with E-state index in [1.165, 1.54) is 24.3 Å². The van der Waals surface area contributed by atoms with Gasteiger partial charge < -0.3 is 20.4 Å². The van der Waals surface area contributed by atoms with Gasteiger partial charge in [0.1, 0.15) is 11.5 Å². The molecule has 0 aromatic heterocycles. The van der Waals surface area contributed by atoms with Crippen molar-refractivity contribution in [2.24, 2.45) is 0 Å². The average molecular weight is 244 g/mol. The summed E-state index contributed by atoms with van der Waals surface area (Å²) in [6.07, 6.45) is 3.06. The third-order valence-corrected chi connectivity index (χ3v) is 2.49. The molecule has 18 heavy (non-hydrogen) atoms. The molecule has 0 bridgehead atoms. The van der Waals surface area contributed by atoms with E-state index in [9.17, 15) is 20.4 Å². The molecule has 2 rings (SSSR count). The number of phenols is 4. The van der Waals surface area contributed by atoms with E-state index < -0.39 is 0 Å². The number of hydrogen-bond acceptors (Lipinski definition) is 4. The molecular weight excluding hydrogens is 232 g/mol. The van der Waals surface area contributed by atoms with E-state index in [0.29, 0.717) is 5.56 Å². The fraction of sp³-hybridized carbons (Fsp3) is 0. The number of benzene rings is 2. The maximum absolute atomic E-state index is 9.60. The molecule has 0 unspecified atom stereocenters. The molecule has 0 fully saturated rings. The molecule has 0 heterocycles. The fourth-order valence-corrected chi connectivity index (χ4v) is 1.56. The average Bonchev–Trinajstić information content (AvgIpc) is 2.34. The Morgan fingerprint density at radius 3 is 2.22 bits per heavy atom. The minimum atomic E-state index is -0.383. The van der Waals surface area contributed by atoms with Crippen molar-refractivity contribution in [3.63, 3.8) is 0 Å². The van der Waals surface area contributed by atoms with E-state index in [1.54, 1.807) is 24.3 Å². The Kier molecular flexibility index (Phi) is 3.10. The van der Waals surface area contributed by atoms with Crippen LogP contribution in [0.2, 0.25) is 0 Å². The van der Waals surface area contributed by atoms with Gasteiger partial charge >= 0.3 is 0 Å². The van der Waals surface area contributed by atoms with Gasteiger partial charge in [-0.15, -0.1) is 0 Å². The Hall–Kier alpha value is -2.62. The van der Waals surface area contributed by atoms with E-state index in [1.807, 2.05) is 0 Å². The summed E-state index contributed by atoms with van der Waals surface area (Å²) in [5.74, 6) is -0.696. The first-order chi connectivity index (χ1) is 8.58. The smallest absolute Gasteiger partial charge is 0.168 e. The molecule has 0 aliphatic rings. The predicted octanol–water partition coefficient (Wildman–Crippen LogP) is 2.68. The van der Waals surface area contributed by atoms with Gasteiger partial charge in [0, 0.05) is 0 Å². The summed E-state index contributed by atoms with van der Waals surface area (Å²) >= 11 is 0. The molecular formula is C14H12O4. The van der Waals surface area contributed by atoms with Gasteiger partial charge in [-0.25, -0.2) is 0 Å². The second kappa shape index (κ2) is 4.71. The van der Waals surface area contributed by atoms with Crippen LogP contribution in [0.5, 0.6) is 23.0 Å². The second-order valence-electron chi connectivity index (χ2n) is 3.79. The van der Waals surface area contributed by atoms with Crippen LogP contribution in [-0.4, -0.2) is 20.4 Å². The fourth-order valence-electron chi connectivity index (χ4n) is 1.56. The zero-order valence-electron chi connectivity index (χ0n) is 9.41. The van der Waals surface area contributed by atoms with E-state index in [4.69, 9.17) is 0 Å². The van der Waals surface area contributed by atoms with E-state index >= 15 is 0 Å². The van der Waals surface area contributed by atoms with Crippen LogP contribution in [0.3, 0.4) is 0 Å². The van der Waals surface area contributed by atoms with Crippen molar-refractivity contribution in [3.8, 4) is 23.0 Å². The Balaban J connectivity index is 2.37. The molecule has 0 atom stereocenters. The van der Waals surface area contributed by atoms with Gasteiger partial charge in [-0.2, -0.15) is 0 Å². The summed E-state index contributed by atoms with van der Waals surface area (Å²) in [5.41, 5.74) is 0.829. The zero-order valence-corrected chi connectivity index (χ0v) is 9.41. The standard InChI is InChI=1S/C14H12O4/c15-10-3-1-2-9(8-10)4-5-11-12(16)6-7-13(17)14(11)18/h1-8,15-18H/b5-4+. The van der Waals surface area contributed by atoms with Crippen molar-refractivity contribution in [1.29, 1.82) is 0 Å². The molecule has 0 spiro atoms.